The third kappa shape index (κ3) is 5.48. The lowest BCUT2D eigenvalue weighted by atomic mass is 10.1. The van der Waals surface area contributed by atoms with Gasteiger partial charge in [0.1, 0.15) is 29.8 Å². The van der Waals surface area contributed by atoms with E-state index < -0.39 is 43.1 Å². The van der Waals surface area contributed by atoms with E-state index in [0.29, 0.717) is 0 Å². The average Bonchev–Trinajstić information content (AvgIpc) is 3.36. The molecule has 0 aromatic carbocycles. The molecule has 12 nitrogen and oxygen atoms in total. The molecule has 194 valence electrons. The minimum atomic E-state index is -3.62. The molecule has 4 heterocycles. The minimum absolute atomic E-state index is 0.0910. The van der Waals surface area contributed by atoms with Gasteiger partial charge >= 0.3 is 0 Å². The number of imidazole rings is 1. The topological polar surface area (TPSA) is 167 Å². The van der Waals surface area contributed by atoms with E-state index in [1.807, 2.05) is 0 Å². The average molecular weight is 586 g/mol. The number of halogens is 2. The van der Waals surface area contributed by atoms with Crippen LogP contribution in [0.5, 0.6) is 0 Å². The van der Waals surface area contributed by atoms with Gasteiger partial charge in [-0.15, -0.1) is 0 Å². The van der Waals surface area contributed by atoms with Crippen LogP contribution in [0.4, 0.5) is 10.2 Å². The number of nitrogens with zero attached hydrogens (tertiary/aromatic N) is 5. The number of ketones is 1. The number of fused-ring (bicyclic) bond motifs is 1. The molecule has 15 heteroatoms. The van der Waals surface area contributed by atoms with Crippen molar-refractivity contribution in [2.45, 2.75) is 43.4 Å². The fraction of sp³-hybridized carbons (Fsp3) is 0.476. The molecular weight excluding hydrogens is 560 g/mol. The third-order valence-electron chi connectivity index (χ3n) is 5.92. The van der Waals surface area contributed by atoms with E-state index >= 15 is 4.39 Å². The summed E-state index contributed by atoms with van der Waals surface area (Å²) in [4.78, 5) is 27.9. The molecule has 3 aromatic rings. The van der Waals surface area contributed by atoms with Crippen LogP contribution in [0.25, 0.3) is 11.2 Å². The van der Waals surface area contributed by atoms with Gasteiger partial charge in [-0.3, -0.25) is 18.9 Å². The van der Waals surface area contributed by atoms with Crippen LogP contribution < -0.4 is 10.8 Å². The molecule has 1 saturated heterocycles. The van der Waals surface area contributed by atoms with Crippen LogP contribution in [0, 0.1) is 5.92 Å². The Hall–Kier alpha value is -2.35. The van der Waals surface area contributed by atoms with Crippen molar-refractivity contribution >= 4 is 46.2 Å². The highest BCUT2D eigenvalue weighted by Crippen LogP contribution is 2.50. The lowest BCUT2D eigenvalue weighted by Crippen LogP contribution is -2.38. The predicted octanol–water partition coefficient (Wildman–Crippen LogP) is 2.35. The number of aliphatic hydroxyl groups excluding tert-OH is 1. The van der Waals surface area contributed by atoms with Crippen LogP contribution >= 0.6 is 23.4 Å². The second-order valence-electron chi connectivity index (χ2n) is 8.59. The van der Waals surface area contributed by atoms with E-state index in [4.69, 9.17) is 15.0 Å². The largest absolute Gasteiger partial charge is 0.386 e. The van der Waals surface area contributed by atoms with Gasteiger partial charge < -0.3 is 20.1 Å². The van der Waals surface area contributed by atoms with E-state index in [1.165, 1.54) is 24.1 Å². The summed E-state index contributed by atoms with van der Waals surface area (Å²) in [7, 11) is -3.62. The zero-order chi connectivity index (χ0) is 26.1. The third-order valence-corrected chi connectivity index (χ3v) is 9.02. The molecule has 0 amide bonds. The highest BCUT2D eigenvalue weighted by atomic mass is 79.9. The first-order valence-corrected chi connectivity index (χ1v) is 13.6. The lowest BCUT2D eigenvalue weighted by molar-refractivity contribution is -0.119. The number of hydrogen-bond acceptors (Lipinski definition) is 10. The maximum atomic E-state index is 15.6. The van der Waals surface area contributed by atoms with Crippen LogP contribution in [0.3, 0.4) is 0 Å². The molecule has 3 aromatic heterocycles. The summed E-state index contributed by atoms with van der Waals surface area (Å²) in [5, 5.41) is 13.6. The fourth-order valence-electron chi connectivity index (χ4n) is 3.71. The second kappa shape index (κ2) is 10.6. The Morgan fingerprint density at radius 1 is 1.47 bits per heavy atom. The quantitative estimate of drug-likeness (QED) is 0.236. The van der Waals surface area contributed by atoms with E-state index in [9.17, 15) is 14.5 Å². The monoisotopic (exact) mass is 585 g/mol. The van der Waals surface area contributed by atoms with Crippen molar-refractivity contribution in [2.75, 3.05) is 18.5 Å². The maximum absolute atomic E-state index is 15.6. The number of carbonyl (C=O) groups excluding carboxylic acids is 1. The van der Waals surface area contributed by atoms with Crippen LogP contribution in [-0.2, 0) is 25.2 Å². The summed E-state index contributed by atoms with van der Waals surface area (Å²) in [6, 6.07) is 3.53. The predicted molar refractivity (Wildman–Crippen MR) is 132 cm³/mol. The Morgan fingerprint density at radius 3 is 2.94 bits per heavy atom. The number of alkyl halides is 2. The number of anilines is 1. The number of nitrogens with two attached hydrogens (primary N) is 1. The lowest BCUT2D eigenvalue weighted by Gasteiger charge is -2.24. The molecule has 0 radical (unpaired) electrons. The molecule has 1 fully saturated rings. The van der Waals surface area contributed by atoms with Crippen molar-refractivity contribution in [2.24, 2.45) is 5.92 Å². The molecule has 0 aliphatic carbocycles. The maximum Gasteiger partial charge on any atom is 0.270 e. The van der Waals surface area contributed by atoms with Crippen molar-refractivity contribution in [3.63, 3.8) is 0 Å². The molecular formula is C21H26BrFN7O5P. The number of aromatic nitrogens is 5. The van der Waals surface area contributed by atoms with Gasteiger partial charge in [-0.2, -0.15) is 0 Å². The van der Waals surface area contributed by atoms with Gasteiger partial charge in [0.25, 0.3) is 7.52 Å². The number of hydrogen-bond donors (Lipinski definition) is 3. The highest BCUT2D eigenvalue weighted by molar-refractivity contribution is 9.10. The van der Waals surface area contributed by atoms with Crippen LogP contribution in [0.2, 0.25) is 0 Å². The van der Waals surface area contributed by atoms with E-state index in [1.54, 1.807) is 31.5 Å². The number of nitrogens with one attached hydrogen (secondary N) is 1. The molecule has 4 N–H and O–H groups in total. The summed E-state index contributed by atoms with van der Waals surface area (Å²) in [6.45, 7) is 2.79. The van der Waals surface area contributed by atoms with Crippen molar-refractivity contribution in [1.82, 2.24) is 29.6 Å². The normalized spacial score (nSPS) is 26.6. The molecule has 36 heavy (non-hydrogen) atoms. The van der Waals surface area contributed by atoms with Crippen LogP contribution in [0.1, 0.15) is 25.6 Å². The number of Topliss-reactive ketones (excluding diaryl/α,β-unsaturated/α-hetero) is 1. The minimum Gasteiger partial charge on any atom is -0.386 e. The van der Waals surface area contributed by atoms with Gasteiger partial charge in [0.05, 0.1) is 12.9 Å². The Kier molecular flexibility index (Phi) is 7.83. The Bertz CT molecular complexity index is 1280. The molecule has 1 aliphatic heterocycles. The number of nitrogen functional groups attached to an aromatic ring is 1. The zero-order valence-corrected chi connectivity index (χ0v) is 22.0. The molecule has 4 rings (SSSR count). The number of aliphatic hydroxyl groups is 1. The second-order valence-corrected chi connectivity index (χ2v) is 12.1. The zero-order valence-electron chi connectivity index (χ0n) is 19.5. The van der Waals surface area contributed by atoms with Gasteiger partial charge in [-0.1, -0.05) is 13.0 Å². The van der Waals surface area contributed by atoms with E-state index in [-0.39, 0.29) is 35.5 Å². The molecule has 0 saturated carbocycles. The number of rotatable bonds is 10. The van der Waals surface area contributed by atoms with Crippen LogP contribution in [-0.4, -0.2) is 64.9 Å². The summed E-state index contributed by atoms with van der Waals surface area (Å²) >= 11 is 2.92. The highest BCUT2D eigenvalue weighted by Gasteiger charge is 2.57. The molecule has 0 spiro atoms. The van der Waals surface area contributed by atoms with Gasteiger partial charge in [0, 0.05) is 31.0 Å². The van der Waals surface area contributed by atoms with Gasteiger partial charge in [0.15, 0.2) is 17.7 Å². The van der Waals surface area contributed by atoms with Gasteiger partial charge in [-0.05, 0) is 34.5 Å². The summed E-state index contributed by atoms with van der Waals surface area (Å²) in [5.41, 5.74) is 7.02. The Balaban J connectivity index is 1.51. The smallest absolute Gasteiger partial charge is 0.270 e. The first-order valence-electron chi connectivity index (χ1n) is 11.0. The number of carbonyl (C=O) groups is 1. The summed E-state index contributed by atoms with van der Waals surface area (Å²) < 4.78 is 39.6. The van der Waals surface area contributed by atoms with Crippen molar-refractivity contribution in [1.29, 1.82) is 0 Å². The van der Waals surface area contributed by atoms with E-state index in [0.717, 1.165) is 5.56 Å². The fourth-order valence-corrected chi connectivity index (χ4v) is 6.45. The Labute approximate surface area is 214 Å². The molecule has 6 atom stereocenters. The van der Waals surface area contributed by atoms with Crippen LogP contribution in [0.15, 0.2) is 37.2 Å². The standard InChI is InChI=1S/C21H26BrFN7O5P/c1-12(13(2)31)9-36(33,29-7-14-4-3-5-25-6-14)34-8-15-17(32)21(22,23)20(35-15)30-11-28-16-18(24)26-10-27-19(16)30/h3-6,10-12,15,17,20,32H,7-9H2,1-2H3,(H,29,33)(H2,24,26,27)/t12-,15-,17+,20-,21?,36?/m1/s1. The SMILES string of the molecule is CC(=O)[C@H](C)CP(=O)(NCc1cccnc1)OC[C@H]1O[C@@H](n2cnc3c(N)ncnc32)C(F)(Br)[C@H]1O. The number of ether oxygens (including phenoxy) is 1. The Morgan fingerprint density at radius 2 is 2.25 bits per heavy atom. The molecule has 0 bridgehead atoms. The number of pyridine rings is 1. The summed E-state index contributed by atoms with van der Waals surface area (Å²) in [5.74, 6) is -0.606. The first kappa shape index (κ1) is 26.7. The molecule has 1 aliphatic rings. The molecule has 2 unspecified atom stereocenters. The first-order chi connectivity index (χ1) is 17.0. The van der Waals surface area contributed by atoms with Gasteiger partial charge in [0.2, 0.25) is 4.58 Å². The van der Waals surface area contributed by atoms with Gasteiger partial charge in [-0.25, -0.2) is 24.4 Å². The van der Waals surface area contributed by atoms with Crippen molar-refractivity contribution in [3.8, 4) is 0 Å². The summed E-state index contributed by atoms with van der Waals surface area (Å²) in [6.07, 6.45) is 1.31. The van der Waals surface area contributed by atoms with Crippen molar-refractivity contribution in [3.05, 3.63) is 42.7 Å². The van der Waals surface area contributed by atoms with Crippen molar-refractivity contribution < 1.29 is 28.1 Å². The van der Waals surface area contributed by atoms with E-state index in [2.05, 4.69) is 41.0 Å².